The standard InChI is InChI=1S/C16H20N2O2S/c1-11(2)9-17-16(19)14-6-4-5-7-15(14)21-10-13-8-12(3)18-20-13/h4-8,11H,9-10H2,1-3H3,(H,17,19). The van der Waals surface area contributed by atoms with Crippen LogP contribution in [0.2, 0.25) is 0 Å². The van der Waals surface area contributed by atoms with Crippen molar-refractivity contribution < 1.29 is 9.32 Å². The summed E-state index contributed by atoms with van der Waals surface area (Å²) in [6, 6.07) is 9.54. The number of carbonyl (C=O) groups is 1. The van der Waals surface area contributed by atoms with Crippen LogP contribution in [0.5, 0.6) is 0 Å². The summed E-state index contributed by atoms with van der Waals surface area (Å²) in [5.74, 6) is 1.89. The van der Waals surface area contributed by atoms with Crippen molar-refractivity contribution in [3.8, 4) is 0 Å². The molecule has 0 fully saturated rings. The number of carbonyl (C=O) groups excluding carboxylic acids is 1. The first-order valence-corrected chi connectivity index (χ1v) is 7.97. The summed E-state index contributed by atoms with van der Waals surface area (Å²) in [5, 5.41) is 6.82. The number of nitrogens with zero attached hydrogens (tertiary/aromatic N) is 1. The van der Waals surface area contributed by atoms with E-state index in [4.69, 9.17) is 4.52 Å². The maximum absolute atomic E-state index is 12.2. The first-order chi connectivity index (χ1) is 10.1. The monoisotopic (exact) mass is 304 g/mol. The van der Waals surface area contributed by atoms with Gasteiger partial charge in [0.25, 0.3) is 5.91 Å². The number of amides is 1. The second kappa shape index (κ2) is 7.31. The molecule has 1 amide bonds. The first kappa shape index (κ1) is 15.6. The summed E-state index contributed by atoms with van der Waals surface area (Å²) in [6.07, 6.45) is 0. The van der Waals surface area contributed by atoms with E-state index in [-0.39, 0.29) is 5.91 Å². The third kappa shape index (κ3) is 4.63. The zero-order chi connectivity index (χ0) is 15.2. The Kier molecular flexibility index (Phi) is 5.44. The summed E-state index contributed by atoms with van der Waals surface area (Å²) >= 11 is 1.58. The normalized spacial score (nSPS) is 10.9. The fraction of sp³-hybridized carbons (Fsp3) is 0.375. The van der Waals surface area contributed by atoms with Gasteiger partial charge in [-0.15, -0.1) is 11.8 Å². The molecule has 0 saturated carbocycles. The van der Waals surface area contributed by atoms with Crippen molar-refractivity contribution in [1.82, 2.24) is 10.5 Å². The number of benzene rings is 1. The van der Waals surface area contributed by atoms with Crippen LogP contribution in [0, 0.1) is 12.8 Å². The van der Waals surface area contributed by atoms with Crippen molar-refractivity contribution in [1.29, 1.82) is 0 Å². The van der Waals surface area contributed by atoms with E-state index in [9.17, 15) is 4.79 Å². The Balaban J connectivity index is 2.04. The average Bonchev–Trinajstić information content (AvgIpc) is 2.88. The van der Waals surface area contributed by atoms with Gasteiger partial charge in [0.1, 0.15) is 5.76 Å². The van der Waals surface area contributed by atoms with E-state index in [1.807, 2.05) is 37.3 Å². The molecule has 2 aromatic rings. The quantitative estimate of drug-likeness (QED) is 0.827. The Labute approximate surface area is 129 Å². The number of hydrogen-bond donors (Lipinski definition) is 1. The van der Waals surface area contributed by atoms with E-state index in [2.05, 4.69) is 24.3 Å². The topological polar surface area (TPSA) is 55.1 Å². The fourth-order valence-corrected chi connectivity index (χ4v) is 2.73. The minimum atomic E-state index is -0.0273. The largest absolute Gasteiger partial charge is 0.360 e. The van der Waals surface area contributed by atoms with Crippen LogP contribution in [0.4, 0.5) is 0 Å². The summed E-state index contributed by atoms with van der Waals surface area (Å²) in [5.41, 5.74) is 1.58. The molecule has 1 aromatic heterocycles. The van der Waals surface area contributed by atoms with E-state index in [1.165, 1.54) is 0 Å². The van der Waals surface area contributed by atoms with Crippen molar-refractivity contribution in [2.75, 3.05) is 6.54 Å². The highest BCUT2D eigenvalue weighted by molar-refractivity contribution is 7.98. The van der Waals surface area contributed by atoms with Crippen molar-refractivity contribution in [3.63, 3.8) is 0 Å². The predicted octanol–water partition coefficient (Wildman–Crippen LogP) is 3.66. The smallest absolute Gasteiger partial charge is 0.252 e. The van der Waals surface area contributed by atoms with Crippen LogP contribution in [0.3, 0.4) is 0 Å². The van der Waals surface area contributed by atoms with Crippen molar-refractivity contribution in [3.05, 3.63) is 47.3 Å². The molecule has 112 valence electrons. The van der Waals surface area contributed by atoms with Crippen LogP contribution < -0.4 is 5.32 Å². The minimum Gasteiger partial charge on any atom is -0.360 e. The minimum absolute atomic E-state index is 0.0273. The van der Waals surface area contributed by atoms with Gasteiger partial charge in [-0.05, 0) is 25.0 Å². The second-order valence-electron chi connectivity index (χ2n) is 5.32. The Bertz CT molecular complexity index is 608. The Morgan fingerprint density at radius 1 is 1.38 bits per heavy atom. The zero-order valence-electron chi connectivity index (χ0n) is 12.6. The van der Waals surface area contributed by atoms with E-state index in [1.54, 1.807) is 11.8 Å². The summed E-state index contributed by atoms with van der Waals surface area (Å²) in [6.45, 7) is 6.73. The van der Waals surface area contributed by atoms with Crippen molar-refractivity contribution >= 4 is 17.7 Å². The Morgan fingerprint density at radius 2 is 2.14 bits per heavy atom. The third-order valence-corrected chi connectivity index (χ3v) is 3.95. The van der Waals surface area contributed by atoms with Gasteiger partial charge in [0, 0.05) is 17.5 Å². The van der Waals surface area contributed by atoms with Gasteiger partial charge < -0.3 is 9.84 Å². The molecule has 0 atom stereocenters. The fourth-order valence-electron chi connectivity index (χ4n) is 1.81. The van der Waals surface area contributed by atoms with Crippen LogP contribution >= 0.6 is 11.8 Å². The molecule has 1 heterocycles. The molecule has 2 rings (SSSR count). The number of thioether (sulfide) groups is 1. The lowest BCUT2D eigenvalue weighted by Crippen LogP contribution is -2.27. The molecule has 0 saturated heterocycles. The molecule has 0 bridgehead atoms. The van der Waals surface area contributed by atoms with Crippen LogP contribution in [-0.2, 0) is 5.75 Å². The van der Waals surface area contributed by atoms with Crippen molar-refractivity contribution in [2.45, 2.75) is 31.4 Å². The van der Waals surface area contributed by atoms with Gasteiger partial charge in [-0.3, -0.25) is 4.79 Å². The summed E-state index contributed by atoms with van der Waals surface area (Å²) < 4.78 is 5.19. The van der Waals surface area contributed by atoms with Crippen LogP contribution in [0.15, 0.2) is 39.8 Å². The highest BCUT2D eigenvalue weighted by Gasteiger charge is 2.12. The van der Waals surface area contributed by atoms with E-state index >= 15 is 0 Å². The molecular weight excluding hydrogens is 284 g/mol. The molecule has 0 radical (unpaired) electrons. The van der Waals surface area contributed by atoms with Gasteiger partial charge in [0.2, 0.25) is 0 Å². The molecule has 1 N–H and O–H groups in total. The molecule has 0 spiro atoms. The van der Waals surface area contributed by atoms with Crippen LogP contribution in [0.1, 0.15) is 35.7 Å². The lowest BCUT2D eigenvalue weighted by Gasteiger charge is -2.10. The number of aryl methyl sites for hydroxylation is 1. The number of rotatable bonds is 6. The van der Waals surface area contributed by atoms with E-state index < -0.39 is 0 Å². The lowest BCUT2D eigenvalue weighted by atomic mass is 10.2. The Morgan fingerprint density at radius 3 is 2.81 bits per heavy atom. The molecular formula is C16H20N2O2S. The first-order valence-electron chi connectivity index (χ1n) is 6.98. The van der Waals surface area contributed by atoms with Gasteiger partial charge in [0.15, 0.2) is 0 Å². The van der Waals surface area contributed by atoms with Crippen LogP contribution in [0.25, 0.3) is 0 Å². The lowest BCUT2D eigenvalue weighted by molar-refractivity contribution is 0.0946. The maximum atomic E-state index is 12.2. The molecule has 0 aliphatic rings. The molecule has 0 aliphatic heterocycles. The number of nitrogens with one attached hydrogen (secondary N) is 1. The average molecular weight is 304 g/mol. The van der Waals surface area contributed by atoms with Gasteiger partial charge in [-0.1, -0.05) is 31.1 Å². The summed E-state index contributed by atoms with van der Waals surface area (Å²) in [7, 11) is 0. The summed E-state index contributed by atoms with van der Waals surface area (Å²) in [4.78, 5) is 13.2. The van der Waals surface area contributed by atoms with Gasteiger partial charge in [-0.2, -0.15) is 0 Å². The number of aromatic nitrogens is 1. The molecule has 21 heavy (non-hydrogen) atoms. The third-order valence-electron chi connectivity index (χ3n) is 2.85. The van der Waals surface area contributed by atoms with Gasteiger partial charge in [-0.25, -0.2) is 0 Å². The zero-order valence-corrected chi connectivity index (χ0v) is 13.4. The van der Waals surface area contributed by atoms with E-state index in [0.29, 0.717) is 23.8 Å². The molecule has 1 aromatic carbocycles. The SMILES string of the molecule is Cc1cc(CSc2ccccc2C(=O)NCC(C)C)on1. The number of hydrogen-bond acceptors (Lipinski definition) is 4. The predicted molar refractivity (Wildman–Crippen MR) is 84.4 cm³/mol. The molecule has 5 heteroatoms. The molecule has 4 nitrogen and oxygen atoms in total. The highest BCUT2D eigenvalue weighted by Crippen LogP contribution is 2.26. The van der Waals surface area contributed by atoms with E-state index in [0.717, 1.165) is 16.3 Å². The van der Waals surface area contributed by atoms with Crippen molar-refractivity contribution in [2.24, 2.45) is 5.92 Å². The molecule has 0 unspecified atom stereocenters. The van der Waals surface area contributed by atoms with Gasteiger partial charge in [0.05, 0.1) is 17.0 Å². The Hall–Kier alpha value is -1.75. The maximum Gasteiger partial charge on any atom is 0.252 e. The highest BCUT2D eigenvalue weighted by atomic mass is 32.2. The van der Waals surface area contributed by atoms with Gasteiger partial charge >= 0.3 is 0 Å². The second-order valence-corrected chi connectivity index (χ2v) is 6.34. The van der Waals surface area contributed by atoms with Crippen LogP contribution in [-0.4, -0.2) is 17.6 Å². The molecule has 0 aliphatic carbocycles.